The van der Waals surface area contributed by atoms with Gasteiger partial charge >= 0.3 is 6.18 Å². The molecule has 0 bridgehead atoms. The van der Waals surface area contributed by atoms with Gasteiger partial charge in [-0.05, 0) is 25.5 Å². The minimum absolute atomic E-state index is 0.150. The molecule has 0 saturated carbocycles. The van der Waals surface area contributed by atoms with Gasteiger partial charge in [-0.1, -0.05) is 17.7 Å². The second-order valence-electron chi connectivity index (χ2n) is 3.40. The van der Waals surface area contributed by atoms with Crippen molar-refractivity contribution in [1.29, 1.82) is 0 Å². The van der Waals surface area contributed by atoms with E-state index < -0.39 is 12.1 Å². The molecule has 1 aromatic carbocycles. The summed E-state index contributed by atoms with van der Waals surface area (Å²) in [7, 11) is 0. The van der Waals surface area contributed by atoms with E-state index in [1.165, 1.54) is 12.1 Å². The maximum absolute atomic E-state index is 12.4. The number of nitrogens with two attached hydrogens (primary N) is 1. The first-order chi connectivity index (χ1) is 6.32. The summed E-state index contributed by atoms with van der Waals surface area (Å²) < 4.78 is 37.2. The van der Waals surface area contributed by atoms with Gasteiger partial charge in [0, 0.05) is 5.69 Å². The Morgan fingerprint density at radius 3 is 2.36 bits per heavy atom. The molecule has 14 heavy (non-hydrogen) atoms. The van der Waals surface area contributed by atoms with Gasteiger partial charge in [-0.2, -0.15) is 13.2 Å². The third-order valence-electron chi connectivity index (χ3n) is 2.20. The second-order valence-corrected chi connectivity index (χ2v) is 3.40. The highest BCUT2D eigenvalue weighted by Crippen LogP contribution is 2.36. The number of rotatable bonds is 1. The predicted octanol–water partition coefficient (Wildman–Crippen LogP) is 3.24. The molecule has 78 valence electrons. The standard InChI is InChI=1S/C10H12F3N/c1-6-3-4-9(14)8(5-6)7(2)10(11,12)13/h3-5,7H,14H2,1-2H3. The molecular weight excluding hydrogens is 191 g/mol. The van der Waals surface area contributed by atoms with E-state index in [-0.39, 0.29) is 11.3 Å². The highest BCUT2D eigenvalue weighted by atomic mass is 19.4. The van der Waals surface area contributed by atoms with Crippen LogP contribution in [0.2, 0.25) is 0 Å². The number of alkyl halides is 3. The quantitative estimate of drug-likeness (QED) is 0.696. The van der Waals surface area contributed by atoms with E-state index in [0.29, 0.717) is 0 Å². The molecule has 0 fully saturated rings. The molecule has 0 amide bonds. The summed E-state index contributed by atoms with van der Waals surface area (Å²) in [5.74, 6) is -1.51. The molecule has 0 saturated heterocycles. The molecule has 1 unspecified atom stereocenters. The first-order valence-electron chi connectivity index (χ1n) is 4.25. The zero-order valence-electron chi connectivity index (χ0n) is 8.02. The average Bonchev–Trinajstić information content (AvgIpc) is 2.06. The highest BCUT2D eigenvalue weighted by molar-refractivity contribution is 5.50. The smallest absolute Gasteiger partial charge is 0.395 e. The number of anilines is 1. The van der Waals surface area contributed by atoms with Crippen molar-refractivity contribution in [2.75, 3.05) is 5.73 Å². The molecule has 0 aromatic heterocycles. The molecule has 1 rings (SSSR count). The number of benzene rings is 1. The summed E-state index contributed by atoms with van der Waals surface area (Å²) >= 11 is 0. The van der Waals surface area contributed by atoms with E-state index in [9.17, 15) is 13.2 Å². The Kier molecular flexibility index (Phi) is 2.73. The van der Waals surface area contributed by atoms with E-state index in [4.69, 9.17) is 5.73 Å². The molecule has 2 N–H and O–H groups in total. The zero-order chi connectivity index (χ0) is 10.9. The summed E-state index contributed by atoms with van der Waals surface area (Å²) in [5, 5.41) is 0. The van der Waals surface area contributed by atoms with Crippen molar-refractivity contribution in [3.63, 3.8) is 0 Å². The number of aryl methyl sites for hydroxylation is 1. The van der Waals surface area contributed by atoms with Gasteiger partial charge in [0.15, 0.2) is 0 Å². The van der Waals surface area contributed by atoms with Crippen LogP contribution in [0.5, 0.6) is 0 Å². The highest BCUT2D eigenvalue weighted by Gasteiger charge is 2.37. The molecule has 0 aliphatic heterocycles. The lowest BCUT2D eigenvalue weighted by Crippen LogP contribution is -2.19. The minimum Gasteiger partial charge on any atom is -0.398 e. The van der Waals surface area contributed by atoms with Crippen LogP contribution in [0.4, 0.5) is 18.9 Å². The number of nitrogen functional groups attached to an aromatic ring is 1. The summed E-state index contributed by atoms with van der Waals surface area (Å²) in [5.41, 5.74) is 6.62. The number of hydrogen-bond donors (Lipinski definition) is 1. The lowest BCUT2D eigenvalue weighted by molar-refractivity contribution is -0.146. The predicted molar refractivity (Wildman–Crippen MR) is 50.1 cm³/mol. The molecular formula is C10H12F3N. The SMILES string of the molecule is Cc1ccc(N)c(C(C)C(F)(F)F)c1. The molecule has 1 atom stereocenters. The van der Waals surface area contributed by atoms with E-state index in [0.717, 1.165) is 12.5 Å². The molecule has 1 aromatic rings. The van der Waals surface area contributed by atoms with Crippen LogP contribution < -0.4 is 5.73 Å². The van der Waals surface area contributed by atoms with Gasteiger partial charge in [0.1, 0.15) is 0 Å². The Hall–Kier alpha value is -1.19. The molecule has 4 heteroatoms. The monoisotopic (exact) mass is 203 g/mol. The molecule has 0 heterocycles. The lowest BCUT2D eigenvalue weighted by Gasteiger charge is -2.18. The lowest BCUT2D eigenvalue weighted by atomic mass is 9.97. The fourth-order valence-electron chi connectivity index (χ4n) is 1.25. The van der Waals surface area contributed by atoms with Gasteiger partial charge < -0.3 is 5.73 Å². The fourth-order valence-corrected chi connectivity index (χ4v) is 1.25. The maximum Gasteiger partial charge on any atom is 0.395 e. The Bertz CT molecular complexity index is 331. The summed E-state index contributed by atoms with van der Waals surface area (Å²) in [6.45, 7) is 2.86. The normalized spacial score (nSPS) is 14.1. The minimum atomic E-state index is -4.23. The number of hydrogen-bond acceptors (Lipinski definition) is 1. The topological polar surface area (TPSA) is 26.0 Å². The Morgan fingerprint density at radius 2 is 1.86 bits per heavy atom. The third-order valence-corrected chi connectivity index (χ3v) is 2.20. The van der Waals surface area contributed by atoms with Crippen LogP contribution in [-0.2, 0) is 0 Å². The van der Waals surface area contributed by atoms with Crippen molar-refractivity contribution >= 4 is 5.69 Å². The van der Waals surface area contributed by atoms with Crippen molar-refractivity contribution in [1.82, 2.24) is 0 Å². The third kappa shape index (κ3) is 2.19. The van der Waals surface area contributed by atoms with Crippen LogP contribution in [0.1, 0.15) is 24.0 Å². The van der Waals surface area contributed by atoms with Crippen molar-refractivity contribution in [2.24, 2.45) is 0 Å². The summed E-state index contributed by atoms with van der Waals surface area (Å²) in [4.78, 5) is 0. The van der Waals surface area contributed by atoms with E-state index in [1.54, 1.807) is 13.0 Å². The molecule has 1 nitrogen and oxygen atoms in total. The van der Waals surface area contributed by atoms with Crippen LogP contribution in [0.3, 0.4) is 0 Å². The molecule has 0 aliphatic rings. The zero-order valence-corrected chi connectivity index (χ0v) is 8.02. The summed E-state index contributed by atoms with van der Waals surface area (Å²) in [6, 6.07) is 4.68. The Labute approximate surface area is 80.7 Å². The van der Waals surface area contributed by atoms with E-state index in [1.807, 2.05) is 0 Å². The van der Waals surface area contributed by atoms with Gasteiger partial charge in [0.05, 0.1) is 5.92 Å². The van der Waals surface area contributed by atoms with Crippen molar-refractivity contribution < 1.29 is 13.2 Å². The first-order valence-corrected chi connectivity index (χ1v) is 4.25. The fraction of sp³-hybridized carbons (Fsp3) is 0.400. The Balaban J connectivity index is 3.12. The van der Waals surface area contributed by atoms with Gasteiger partial charge in [-0.3, -0.25) is 0 Å². The van der Waals surface area contributed by atoms with Gasteiger partial charge in [0.2, 0.25) is 0 Å². The van der Waals surface area contributed by atoms with Crippen LogP contribution in [0.15, 0.2) is 18.2 Å². The van der Waals surface area contributed by atoms with Gasteiger partial charge in [0.25, 0.3) is 0 Å². The number of halogens is 3. The van der Waals surface area contributed by atoms with Crippen LogP contribution >= 0.6 is 0 Å². The van der Waals surface area contributed by atoms with E-state index in [2.05, 4.69) is 0 Å². The van der Waals surface area contributed by atoms with E-state index >= 15 is 0 Å². The van der Waals surface area contributed by atoms with Crippen LogP contribution in [0.25, 0.3) is 0 Å². The van der Waals surface area contributed by atoms with Crippen molar-refractivity contribution in [2.45, 2.75) is 25.9 Å². The Morgan fingerprint density at radius 1 is 1.29 bits per heavy atom. The molecule has 0 aliphatic carbocycles. The van der Waals surface area contributed by atoms with Crippen LogP contribution in [-0.4, -0.2) is 6.18 Å². The molecule has 0 spiro atoms. The first kappa shape index (κ1) is 10.9. The largest absolute Gasteiger partial charge is 0.398 e. The van der Waals surface area contributed by atoms with Crippen LogP contribution in [0, 0.1) is 6.92 Å². The van der Waals surface area contributed by atoms with Crippen molar-refractivity contribution in [3.05, 3.63) is 29.3 Å². The van der Waals surface area contributed by atoms with Crippen molar-refractivity contribution in [3.8, 4) is 0 Å². The maximum atomic E-state index is 12.4. The van der Waals surface area contributed by atoms with Gasteiger partial charge in [-0.25, -0.2) is 0 Å². The average molecular weight is 203 g/mol. The summed E-state index contributed by atoms with van der Waals surface area (Å²) in [6.07, 6.45) is -4.23. The molecule has 0 radical (unpaired) electrons. The van der Waals surface area contributed by atoms with Gasteiger partial charge in [-0.15, -0.1) is 0 Å². The second kappa shape index (κ2) is 3.52.